The zero-order chi connectivity index (χ0) is 23.8. The highest BCUT2D eigenvalue weighted by Gasteiger charge is 2.36. The van der Waals surface area contributed by atoms with Crippen molar-refractivity contribution in [3.8, 4) is 22.9 Å². The molecule has 1 amide bonds. The van der Waals surface area contributed by atoms with Crippen LogP contribution < -0.4 is 15.4 Å². The third kappa shape index (κ3) is 3.77. The topological polar surface area (TPSA) is 114 Å². The van der Waals surface area contributed by atoms with E-state index in [9.17, 15) is 9.90 Å². The quantitative estimate of drug-likeness (QED) is 0.405. The molecular formula is C25H23N5O4. The van der Waals surface area contributed by atoms with E-state index in [0.29, 0.717) is 40.2 Å². The number of furan rings is 1. The summed E-state index contributed by atoms with van der Waals surface area (Å²) in [5, 5.41) is 20.5. The molecule has 3 N–H and O–H groups in total. The molecule has 4 aromatic rings. The minimum absolute atomic E-state index is 0.155. The molecular weight excluding hydrogens is 434 g/mol. The number of aromatic hydroxyl groups is 1. The van der Waals surface area contributed by atoms with Crippen LogP contribution in [0.15, 0.2) is 76.4 Å². The minimum atomic E-state index is -0.641. The number of anilines is 2. The van der Waals surface area contributed by atoms with Gasteiger partial charge in [-0.2, -0.15) is 4.98 Å². The SMILES string of the molecule is COc1ccccc1NC(=O)C1=C(C)Nc2nc(-c3ccc(O)cc3)nn2C1c1ccc(C)o1. The number of fused-ring (bicyclic) bond motifs is 1. The van der Waals surface area contributed by atoms with Crippen molar-refractivity contribution in [3.63, 3.8) is 0 Å². The summed E-state index contributed by atoms with van der Waals surface area (Å²) in [5.74, 6) is 2.61. The second-order valence-electron chi connectivity index (χ2n) is 7.92. The third-order valence-electron chi connectivity index (χ3n) is 5.61. The molecule has 1 atom stereocenters. The number of rotatable bonds is 5. The molecule has 3 heterocycles. The first-order valence-electron chi connectivity index (χ1n) is 10.7. The van der Waals surface area contributed by atoms with Crippen molar-refractivity contribution in [3.05, 3.63) is 83.5 Å². The molecule has 0 saturated heterocycles. The fourth-order valence-corrected chi connectivity index (χ4v) is 3.98. The van der Waals surface area contributed by atoms with Gasteiger partial charge in [0, 0.05) is 11.3 Å². The van der Waals surface area contributed by atoms with Crippen LogP contribution in [0.5, 0.6) is 11.5 Å². The van der Waals surface area contributed by atoms with Crippen LogP contribution in [-0.4, -0.2) is 32.9 Å². The highest BCUT2D eigenvalue weighted by Crippen LogP contribution is 2.38. The third-order valence-corrected chi connectivity index (χ3v) is 5.61. The van der Waals surface area contributed by atoms with E-state index >= 15 is 0 Å². The van der Waals surface area contributed by atoms with Gasteiger partial charge < -0.3 is 24.9 Å². The standard InChI is InChI=1S/C25H23N5O4/c1-14-8-13-20(34-14)22-21(24(32)27-18-6-4-5-7-19(18)33-3)15(2)26-25-28-23(29-30(22)25)16-9-11-17(31)12-10-16/h4-13,22,31H,1-3H3,(H,27,32)(H,26,28,29). The Balaban J connectivity index is 1.58. The summed E-state index contributed by atoms with van der Waals surface area (Å²) in [7, 11) is 1.55. The summed E-state index contributed by atoms with van der Waals surface area (Å²) in [4.78, 5) is 18.2. The Morgan fingerprint density at radius 1 is 1.12 bits per heavy atom. The molecule has 0 bridgehead atoms. The number of methoxy groups -OCH3 is 1. The van der Waals surface area contributed by atoms with Crippen LogP contribution in [0.25, 0.3) is 11.4 Å². The lowest BCUT2D eigenvalue weighted by Gasteiger charge is -2.27. The van der Waals surface area contributed by atoms with Gasteiger partial charge in [-0.25, -0.2) is 4.68 Å². The summed E-state index contributed by atoms with van der Waals surface area (Å²) in [6.45, 7) is 3.66. The van der Waals surface area contributed by atoms with Gasteiger partial charge in [-0.05, 0) is 62.4 Å². The van der Waals surface area contributed by atoms with Crippen LogP contribution in [0.1, 0.15) is 24.5 Å². The van der Waals surface area contributed by atoms with E-state index < -0.39 is 6.04 Å². The zero-order valence-corrected chi connectivity index (χ0v) is 18.9. The molecule has 0 spiro atoms. The lowest BCUT2D eigenvalue weighted by Crippen LogP contribution is -2.31. The number of nitrogens with zero attached hydrogens (tertiary/aromatic N) is 3. The number of para-hydroxylation sites is 2. The Bertz CT molecular complexity index is 1400. The second-order valence-corrected chi connectivity index (χ2v) is 7.92. The van der Waals surface area contributed by atoms with Gasteiger partial charge in [0.15, 0.2) is 5.82 Å². The number of nitrogens with one attached hydrogen (secondary N) is 2. The lowest BCUT2D eigenvalue weighted by molar-refractivity contribution is -0.113. The Morgan fingerprint density at radius 2 is 1.88 bits per heavy atom. The highest BCUT2D eigenvalue weighted by atomic mass is 16.5. The molecule has 9 heteroatoms. The van der Waals surface area contributed by atoms with Crippen molar-refractivity contribution in [1.82, 2.24) is 14.8 Å². The molecule has 34 heavy (non-hydrogen) atoms. The van der Waals surface area contributed by atoms with Crippen molar-refractivity contribution < 1.29 is 19.1 Å². The normalized spacial score (nSPS) is 15.0. The van der Waals surface area contributed by atoms with E-state index in [4.69, 9.17) is 9.15 Å². The van der Waals surface area contributed by atoms with Gasteiger partial charge in [-0.1, -0.05) is 12.1 Å². The molecule has 0 fully saturated rings. The average Bonchev–Trinajstić information content (AvgIpc) is 3.45. The predicted molar refractivity (Wildman–Crippen MR) is 127 cm³/mol. The van der Waals surface area contributed by atoms with Crippen LogP contribution in [0, 0.1) is 6.92 Å². The van der Waals surface area contributed by atoms with Crippen molar-refractivity contribution >= 4 is 17.5 Å². The Labute approximate surface area is 195 Å². The summed E-state index contributed by atoms with van der Waals surface area (Å²) in [6, 6.07) is 16.9. The number of phenols is 1. The van der Waals surface area contributed by atoms with Crippen molar-refractivity contribution in [1.29, 1.82) is 0 Å². The first-order chi connectivity index (χ1) is 16.4. The van der Waals surface area contributed by atoms with Crippen LogP contribution in [-0.2, 0) is 4.79 Å². The minimum Gasteiger partial charge on any atom is -0.508 e. The zero-order valence-electron chi connectivity index (χ0n) is 18.9. The van der Waals surface area contributed by atoms with Crippen molar-refractivity contribution in [2.45, 2.75) is 19.9 Å². The number of aryl methyl sites for hydroxylation is 1. The van der Waals surface area contributed by atoms with E-state index in [2.05, 4.69) is 20.7 Å². The maximum Gasteiger partial charge on any atom is 0.256 e. The summed E-state index contributed by atoms with van der Waals surface area (Å²) in [5.41, 5.74) is 2.35. The number of allylic oxidation sites excluding steroid dienone is 1. The number of phenolic OH excluding ortho intramolecular Hbond substituents is 1. The van der Waals surface area contributed by atoms with E-state index in [-0.39, 0.29) is 11.7 Å². The van der Waals surface area contributed by atoms with E-state index in [1.54, 1.807) is 48.2 Å². The first-order valence-corrected chi connectivity index (χ1v) is 10.7. The van der Waals surface area contributed by atoms with Crippen LogP contribution in [0.3, 0.4) is 0 Å². The average molecular weight is 457 g/mol. The number of hydrogen-bond donors (Lipinski definition) is 3. The van der Waals surface area contributed by atoms with Crippen molar-refractivity contribution in [2.75, 3.05) is 17.7 Å². The molecule has 0 radical (unpaired) electrons. The summed E-state index contributed by atoms with van der Waals surface area (Å²) >= 11 is 0. The Kier molecular flexibility index (Phi) is 5.29. The summed E-state index contributed by atoms with van der Waals surface area (Å²) in [6.07, 6.45) is 0. The van der Waals surface area contributed by atoms with Gasteiger partial charge in [0.05, 0.1) is 18.4 Å². The monoisotopic (exact) mass is 457 g/mol. The first kappa shape index (κ1) is 21.3. The number of amides is 1. The number of ether oxygens (including phenoxy) is 1. The number of carbonyl (C=O) groups excluding carboxylic acids is 1. The second kappa shape index (κ2) is 8.43. The molecule has 1 aliphatic rings. The molecule has 2 aromatic heterocycles. The predicted octanol–water partition coefficient (Wildman–Crippen LogP) is 4.49. The lowest BCUT2D eigenvalue weighted by atomic mass is 10.00. The molecule has 0 saturated carbocycles. The molecule has 5 rings (SSSR count). The van der Waals surface area contributed by atoms with E-state index in [0.717, 1.165) is 11.3 Å². The molecule has 1 unspecified atom stereocenters. The van der Waals surface area contributed by atoms with Gasteiger partial charge in [0.25, 0.3) is 5.91 Å². The molecule has 1 aliphatic heterocycles. The number of hydrogen-bond acceptors (Lipinski definition) is 7. The van der Waals surface area contributed by atoms with Crippen LogP contribution in [0.2, 0.25) is 0 Å². The fourth-order valence-electron chi connectivity index (χ4n) is 3.98. The highest BCUT2D eigenvalue weighted by molar-refractivity contribution is 6.06. The molecule has 0 aliphatic carbocycles. The number of carbonyl (C=O) groups is 1. The van der Waals surface area contributed by atoms with Gasteiger partial charge in [-0.3, -0.25) is 4.79 Å². The Hall–Kier alpha value is -4.53. The van der Waals surface area contributed by atoms with Gasteiger partial charge in [-0.15, -0.1) is 5.10 Å². The smallest absolute Gasteiger partial charge is 0.256 e. The Morgan fingerprint density at radius 3 is 2.59 bits per heavy atom. The largest absolute Gasteiger partial charge is 0.508 e. The number of aromatic nitrogens is 3. The summed E-state index contributed by atoms with van der Waals surface area (Å²) < 4.78 is 13.0. The maximum absolute atomic E-state index is 13.6. The molecule has 172 valence electrons. The number of benzene rings is 2. The van der Waals surface area contributed by atoms with E-state index in [1.807, 2.05) is 38.1 Å². The molecule has 2 aromatic carbocycles. The molecule has 9 nitrogen and oxygen atoms in total. The van der Waals surface area contributed by atoms with Gasteiger partial charge in [0.1, 0.15) is 29.1 Å². The maximum atomic E-state index is 13.6. The van der Waals surface area contributed by atoms with Gasteiger partial charge in [0.2, 0.25) is 5.95 Å². The van der Waals surface area contributed by atoms with Gasteiger partial charge >= 0.3 is 0 Å². The van der Waals surface area contributed by atoms with E-state index in [1.165, 1.54) is 0 Å². The fraction of sp³-hybridized carbons (Fsp3) is 0.160. The van der Waals surface area contributed by atoms with Crippen LogP contribution >= 0.6 is 0 Å². The van der Waals surface area contributed by atoms with Crippen LogP contribution in [0.4, 0.5) is 11.6 Å². The van der Waals surface area contributed by atoms with Crippen molar-refractivity contribution in [2.24, 2.45) is 0 Å².